The number of likely N-dealkylation sites (tertiary alicyclic amines) is 1. The van der Waals surface area contributed by atoms with Crippen molar-refractivity contribution < 1.29 is 14.3 Å². The summed E-state index contributed by atoms with van der Waals surface area (Å²) in [5.41, 5.74) is 5.96. The van der Waals surface area contributed by atoms with Crippen LogP contribution >= 0.6 is 0 Å². The Labute approximate surface area is 211 Å². The number of hydrogen-bond donors (Lipinski definition) is 1. The Morgan fingerprint density at radius 2 is 1.81 bits per heavy atom. The van der Waals surface area contributed by atoms with Crippen molar-refractivity contribution in [3.63, 3.8) is 0 Å². The van der Waals surface area contributed by atoms with Crippen LogP contribution in [-0.2, 0) is 17.8 Å². The lowest BCUT2D eigenvalue weighted by Gasteiger charge is -2.24. The van der Waals surface area contributed by atoms with Crippen molar-refractivity contribution in [1.29, 1.82) is 0 Å². The zero-order chi connectivity index (χ0) is 25.1. The second kappa shape index (κ2) is 10.3. The number of nitrogens with one attached hydrogen (secondary N) is 1. The number of fused-ring (bicyclic) bond motifs is 1. The normalized spacial score (nSPS) is 15.3. The predicted molar refractivity (Wildman–Crippen MR) is 142 cm³/mol. The fraction of sp³-hybridized carbons (Fsp3) is 0.267. The predicted octanol–water partition coefficient (Wildman–Crippen LogP) is 5.88. The molecule has 0 bridgehead atoms. The van der Waals surface area contributed by atoms with Crippen LogP contribution in [0.1, 0.15) is 34.3 Å². The summed E-state index contributed by atoms with van der Waals surface area (Å²) in [4.78, 5) is 32.1. The minimum Gasteiger partial charge on any atom is -0.445 e. The van der Waals surface area contributed by atoms with E-state index in [4.69, 9.17) is 4.74 Å². The number of nitrogens with zero attached hydrogens (tertiary/aromatic N) is 2. The molecule has 36 heavy (non-hydrogen) atoms. The van der Waals surface area contributed by atoms with Crippen molar-refractivity contribution in [1.82, 2.24) is 14.8 Å². The van der Waals surface area contributed by atoms with E-state index in [0.29, 0.717) is 5.56 Å². The van der Waals surface area contributed by atoms with Gasteiger partial charge in [0.15, 0.2) is 0 Å². The molecule has 1 aliphatic heterocycles. The molecule has 6 nitrogen and oxygen atoms in total. The van der Waals surface area contributed by atoms with E-state index in [1.54, 1.807) is 19.0 Å². The summed E-state index contributed by atoms with van der Waals surface area (Å²) in [6.45, 7) is 1.01. The highest BCUT2D eigenvalue weighted by atomic mass is 16.6. The molecule has 2 heterocycles. The molecule has 1 aromatic heterocycles. The number of amides is 2. The molecule has 0 saturated carbocycles. The molecule has 4 aromatic rings. The third-order valence-corrected chi connectivity index (χ3v) is 6.89. The van der Waals surface area contributed by atoms with Gasteiger partial charge in [-0.15, -0.1) is 0 Å². The molecule has 5 rings (SSSR count). The first-order chi connectivity index (χ1) is 17.5. The minimum absolute atomic E-state index is 0.0132. The summed E-state index contributed by atoms with van der Waals surface area (Å²) in [6.07, 6.45) is 4.51. The van der Waals surface area contributed by atoms with Gasteiger partial charge in [0.2, 0.25) is 0 Å². The topological polar surface area (TPSA) is 65.6 Å². The van der Waals surface area contributed by atoms with Crippen LogP contribution in [0.4, 0.5) is 4.79 Å². The maximum Gasteiger partial charge on any atom is 0.410 e. The van der Waals surface area contributed by atoms with Gasteiger partial charge in [0.25, 0.3) is 5.91 Å². The van der Waals surface area contributed by atoms with Gasteiger partial charge in [0.05, 0.1) is 0 Å². The number of hydrogen-bond acceptors (Lipinski definition) is 3. The first-order valence-corrected chi connectivity index (χ1v) is 12.4. The van der Waals surface area contributed by atoms with Gasteiger partial charge in [-0.1, -0.05) is 48.5 Å². The molecule has 0 aliphatic carbocycles. The standard InChI is InChI=1S/C30H31N3O3/c1-32(2)29(34)24-11-6-10-22(16-24)23-13-14-28-27(18-23)25(19-31-28)17-26-12-7-15-33(26)30(35)36-20-21-8-4-3-5-9-21/h3-6,8-11,13-14,16,18-19,26,31H,7,12,15,17,20H2,1-2H3/t26-/m1/s1. The molecule has 0 spiro atoms. The monoisotopic (exact) mass is 481 g/mol. The molecule has 3 aromatic carbocycles. The van der Waals surface area contributed by atoms with Crippen molar-refractivity contribution in [2.75, 3.05) is 20.6 Å². The Morgan fingerprint density at radius 3 is 2.61 bits per heavy atom. The second-order valence-corrected chi connectivity index (χ2v) is 9.59. The molecule has 1 saturated heterocycles. The van der Waals surface area contributed by atoms with Crippen molar-refractivity contribution in [3.05, 3.63) is 95.7 Å². The van der Waals surface area contributed by atoms with Crippen LogP contribution in [0.2, 0.25) is 0 Å². The quantitative estimate of drug-likeness (QED) is 0.374. The van der Waals surface area contributed by atoms with Gasteiger partial charge in [-0.25, -0.2) is 4.79 Å². The van der Waals surface area contributed by atoms with Gasteiger partial charge in [-0.3, -0.25) is 4.79 Å². The maximum absolute atomic E-state index is 12.9. The smallest absolute Gasteiger partial charge is 0.410 e. The van der Waals surface area contributed by atoms with Crippen LogP contribution in [0.3, 0.4) is 0 Å². The molecule has 1 N–H and O–H groups in total. The van der Waals surface area contributed by atoms with E-state index >= 15 is 0 Å². The number of H-pyrrole nitrogens is 1. The Hall–Kier alpha value is -4.06. The first kappa shape index (κ1) is 23.7. The Balaban J connectivity index is 1.34. The lowest BCUT2D eigenvalue weighted by molar-refractivity contribution is 0.0827. The van der Waals surface area contributed by atoms with Crippen LogP contribution in [0, 0.1) is 0 Å². The molecule has 1 atom stereocenters. The van der Waals surface area contributed by atoms with Crippen molar-refractivity contribution >= 4 is 22.9 Å². The number of benzene rings is 3. The molecule has 6 heteroatoms. The number of ether oxygens (including phenoxy) is 1. The van der Waals surface area contributed by atoms with Crippen molar-refractivity contribution in [3.8, 4) is 11.1 Å². The molecular formula is C30H31N3O3. The fourth-order valence-corrected chi connectivity index (χ4v) is 4.96. The Morgan fingerprint density at radius 1 is 1.00 bits per heavy atom. The van der Waals surface area contributed by atoms with E-state index in [9.17, 15) is 9.59 Å². The number of carbonyl (C=O) groups excluding carboxylic acids is 2. The molecular weight excluding hydrogens is 450 g/mol. The average molecular weight is 482 g/mol. The summed E-state index contributed by atoms with van der Waals surface area (Å²) in [6, 6.07) is 23.9. The van der Waals surface area contributed by atoms with Gasteiger partial charge in [-0.2, -0.15) is 0 Å². The van der Waals surface area contributed by atoms with Gasteiger partial charge in [0, 0.05) is 49.3 Å². The highest BCUT2D eigenvalue weighted by molar-refractivity contribution is 5.96. The lowest BCUT2D eigenvalue weighted by Crippen LogP contribution is -2.37. The van der Waals surface area contributed by atoms with Crippen LogP contribution in [-0.4, -0.2) is 53.5 Å². The minimum atomic E-state index is -0.246. The SMILES string of the molecule is CN(C)C(=O)c1cccc(-c2ccc3[nH]cc(C[C@H]4CCCN4C(=O)OCc4ccccc4)c3c2)c1. The largest absolute Gasteiger partial charge is 0.445 e. The highest BCUT2D eigenvalue weighted by Crippen LogP contribution is 2.30. The molecule has 184 valence electrons. The van der Waals surface area contributed by atoms with Crippen LogP contribution in [0.5, 0.6) is 0 Å². The number of aromatic nitrogens is 1. The zero-order valence-corrected chi connectivity index (χ0v) is 20.7. The third kappa shape index (κ3) is 4.98. The Bertz CT molecular complexity index is 1380. The molecule has 1 aliphatic rings. The molecule has 2 amide bonds. The van der Waals surface area contributed by atoms with E-state index < -0.39 is 0 Å². The summed E-state index contributed by atoms with van der Waals surface area (Å²) < 4.78 is 5.62. The van der Waals surface area contributed by atoms with Gasteiger partial charge in [0.1, 0.15) is 6.61 Å². The summed E-state index contributed by atoms with van der Waals surface area (Å²) in [5, 5.41) is 1.14. The van der Waals surface area contributed by atoms with E-state index in [-0.39, 0.29) is 24.6 Å². The second-order valence-electron chi connectivity index (χ2n) is 9.59. The van der Waals surface area contributed by atoms with Crippen molar-refractivity contribution in [2.45, 2.75) is 31.9 Å². The van der Waals surface area contributed by atoms with Gasteiger partial charge < -0.3 is 19.5 Å². The van der Waals surface area contributed by atoms with E-state index in [2.05, 4.69) is 23.2 Å². The number of carbonyl (C=O) groups is 2. The summed E-state index contributed by atoms with van der Waals surface area (Å²) >= 11 is 0. The fourth-order valence-electron chi connectivity index (χ4n) is 4.96. The highest BCUT2D eigenvalue weighted by Gasteiger charge is 2.30. The molecule has 0 radical (unpaired) electrons. The summed E-state index contributed by atoms with van der Waals surface area (Å²) in [5.74, 6) is -0.0132. The first-order valence-electron chi connectivity index (χ1n) is 12.4. The zero-order valence-electron chi connectivity index (χ0n) is 20.7. The molecule has 0 unspecified atom stereocenters. The van der Waals surface area contributed by atoms with Crippen LogP contribution < -0.4 is 0 Å². The average Bonchev–Trinajstić information content (AvgIpc) is 3.54. The van der Waals surface area contributed by atoms with Gasteiger partial charge in [-0.05, 0) is 65.8 Å². The van der Waals surface area contributed by atoms with Crippen molar-refractivity contribution in [2.24, 2.45) is 0 Å². The van der Waals surface area contributed by atoms with E-state index in [1.165, 1.54) is 5.56 Å². The van der Waals surface area contributed by atoms with Crippen LogP contribution in [0.25, 0.3) is 22.0 Å². The molecule has 1 fully saturated rings. The summed E-state index contributed by atoms with van der Waals surface area (Å²) in [7, 11) is 3.52. The third-order valence-electron chi connectivity index (χ3n) is 6.89. The van der Waals surface area contributed by atoms with E-state index in [1.807, 2.05) is 65.7 Å². The van der Waals surface area contributed by atoms with Crippen LogP contribution in [0.15, 0.2) is 79.0 Å². The maximum atomic E-state index is 12.9. The lowest BCUT2D eigenvalue weighted by atomic mass is 9.98. The Kier molecular flexibility index (Phi) is 6.76. The number of aromatic amines is 1. The van der Waals surface area contributed by atoms with Gasteiger partial charge >= 0.3 is 6.09 Å². The number of rotatable bonds is 6. The van der Waals surface area contributed by atoms with E-state index in [0.717, 1.165) is 53.4 Å².